The SMILES string of the molecule is CCC1CCCN(c2ccc(N)cc2C(F)(F)F)CC1. The Balaban J connectivity index is 2.28. The third-order valence-electron chi connectivity index (χ3n) is 4.09. The summed E-state index contributed by atoms with van der Waals surface area (Å²) in [6, 6.07) is 4.09. The molecular weight excluding hydrogens is 265 g/mol. The first-order valence-corrected chi connectivity index (χ1v) is 7.13. The van der Waals surface area contributed by atoms with Gasteiger partial charge in [0.15, 0.2) is 0 Å². The molecule has 0 radical (unpaired) electrons. The van der Waals surface area contributed by atoms with Gasteiger partial charge in [0.1, 0.15) is 0 Å². The van der Waals surface area contributed by atoms with Crippen molar-refractivity contribution in [2.45, 2.75) is 38.8 Å². The molecule has 0 spiro atoms. The zero-order chi connectivity index (χ0) is 14.8. The van der Waals surface area contributed by atoms with Gasteiger partial charge in [-0.25, -0.2) is 0 Å². The van der Waals surface area contributed by atoms with Crippen LogP contribution < -0.4 is 10.6 Å². The Kier molecular flexibility index (Phi) is 4.45. The van der Waals surface area contributed by atoms with E-state index in [1.165, 1.54) is 6.07 Å². The van der Waals surface area contributed by atoms with Crippen LogP contribution in [0.1, 0.15) is 38.2 Å². The van der Waals surface area contributed by atoms with Crippen LogP contribution in [0, 0.1) is 5.92 Å². The Labute approximate surface area is 117 Å². The molecule has 0 amide bonds. The average Bonchev–Trinajstić information content (AvgIpc) is 2.63. The Morgan fingerprint density at radius 2 is 2.00 bits per heavy atom. The van der Waals surface area contributed by atoms with Gasteiger partial charge < -0.3 is 10.6 Å². The van der Waals surface area contributed by atoms with Crippen molar-refractivity contribution in [3.63, 3.8) is 0 Å². The number of nitrogens with two attached hydrogens (primary N) is 1. The molecular formula is C15H21F3N2. The number of hydrogen-bond acceptors (Lipinski definition) is 2. The maximum atomic E-state index is 13.1. The molecule has 1 aliphatic rings. The third-order valence-corrected chi connectivity index (χ3v) is 4.09. The van der Waals surface area contributed by atoms with Gasteiger partial charge in [0.05, 0.1) is 5.56 Å². The van der Waals surface area contributed by atoms with E-state index < -0.39 is 11.7 Å². The number of benzene rings is 1. The molecule has 2 nitrogen and oxygen atoms in total. The highest BCUT2D eigenvalue weighted by atomic mass is 19.4. The van der Waals surface area contributed by atoms with Crippen LogP contribution in [0.4, 0.5) is 24.5 Å². The molecule has 1 fully saturated rings. The molecule has 1 atom stereocenters. The van der Waals surface area contributed by atoms with Gasteiger partial charge >= 0.3 is 6.18 Å². The summed E-state index contributed by atoms with van der Waals surface area (Å²) in [5, 5.41) is 0. The summed E-state index contributed by atoms with van der Waals surface area (Å²) in [7, 11) is 0. The molecule has 1 aliphatic heterocycles. The van der Waals surface area contributed by atoms with E-state index in [1.54, 1.807) is 6.07 Å². The summed E-state index contributed by atoms with van der Waals surface area (Å²) in [5.74, 6) is 0.628. The number of rotatable bonds is 2. The van der Waals surface area contributed by atoms with Gasteiger partial charge in [-0.15, -0.1) is 0 Å². The molecule has 5 heteroatoms. The monoisotopic (exact) mass is 286 g/mol. The first-order chi connectivity index (χ1) is 9.41. The van der Waals surface area contributed by atoms with Crippen LogP contribution in [0.3, 0.4) is 0 Å². The fourth-order valence-electron chi connectivity index (χ4n) is 2.87. The lowest BCUT2D eigenvalue weighted by atomic mass is 9.98. The van der Waals surface area contributed by atoms with E-state index in [0.717, 1.165) is 31.7 Å². The topological polar surface area (TPSA) is 29.3 Å². The molecule has 1 aromatic carbocycles. The van der Waals surface area contributed by atoms with Gasteiger partial charge in [0.25, 0.3) is 0 Å². The van der Waals surface area contributed by atoms with E-state index in [9.17, 15) is 13.2 Å². The largest absolute Gasteiger partial charge is 0.418 e. The van der Waals surface area contributed by atoms with Crippen molar-refractivity contribution in [2.24, 2.45) is 5.92 Å². The molecule has 0 aliphatic carbocycles. The summed E-state index contributed by atoms with van der Waals surface area (Å²) in [5.41, 5.74) is 5.31. The molecule has 0 aromatic heterocycles. The van der Waals surface area contributed by atoms with Crippen LogP contribution in [-0.2, 0) is 6.18 Å². The van der Waals surface area contributed by atoms with Crippen LogP contribution >= 0.6 is 0 Å². The lowest BCUT2D eigenvalue weighted by Gasteiger charge is -2.26. The Bertz CT molecular complexity index is 457. The minimum atomic E-state index is -4.36. The predicted molar refractivity (Wildman–Crippen MR) is 75.7 cm³/mol. The van der Waals surface area contributed by atoms with Crippen molar-refractivity contribution in [3.8, 4) is 0 Å². The summed E-state index contributed by atoms with van der Waals surface area (Å²) in [6.07, 6.45) is -0.259. The van der Waals surface area contributed by atoms with Crippen molar-refractivity contribution in [1.82, 2.24) is 0 Å². The van der Waals surface area contributed by atoms with E-state index in [4.69, 9.17) is 5.73 Å². The number of alkyl halides is 3. The van der Waals surface area contributed by atoms with Gasteiger partial charge in [0, 0.05) is 24.5 Å². The predicted octanol–water partition coefficient (Wildman–Crippen LogP) is 4.30. The third kappa shape index (κ3) is 3.38. The fraction of sp³-hybridized carbons (Fsp3) is 0.600. The molecule has 1 unspecified atom stereocenters. The molecule has 2 rings (SSSR count). The maximum absolute atomic E-state index is 13.1. The van der Waals surface area contributed by atoms with Gasteiger partial charge in [0.2, 0.25) is 0 Å². The zero-order valence-corrected chi connectivity index (χ0v) is 11.7. The minimum absolute atomic E-state index is 0.155. The van der Waals surface area contributed by atoms with E-state index in [2.05, 4.69) is 6.92 Å². The van der Waals surface area contributed by atoms with Crippen molar-refractivity contribution in [1.29, 1.82) is 0 Å². The second kappa shape index (κ2) is 5.94. The van der Waals surface area contributed by atoms with Crippen LogP contribution in [0.5, 0.6) is 0 Å². The van der Waals surface area contributed by atoms with Crippen molar-refractivity contribution >= 4 is 11.4 Å². The van der Waals surface area contributed by atoms with Crippen LogP contribution in [0.2, 0.25) is 0 Å². The number of anilines is 2. The maximum Gasteiger partial charge on any atom is 0.418 e. The summed E-state index contributed by atoms with van der Waals surface area (Å²) in [4.78, 5) is 1.86. The number of nitrogens with zero attached hydrogens (tertiary/aromatic N) is 1. The van der Waals surface area contributed by atoms with Crippen LogP contribution in [-0.4, -0.2) is 13.1 Å². The van der Waals surface area contributed by atoms with E-state index >= 15 is 0 Å². The van der Waals surface area contributed by atoms with Crippen molar-refractivity contribution in [3.05, 3.63) is 23.8 Å². The van der Waals surface area contributed by atoms with E-state index in [-0.39, 0.29) is 11.4 Å². The van der Waals surface area contributed by atoms with Crippen LogP contribution in [0.25, 0.3) is 0 Å². The summed E-state index contributed by atoms with van der Waals surface area (Å²) >= 11 is 0. The number of hydrogen-bond donors (Lipinski definition) is 1. The molecule has 112 valence electrons. The summed E-state index contributed by atoms with van der Waals surface area (Å²) < 4.78 is 39.4. The standard InChI is InChI=1S/C15H21F3N2/c1-2-11-4-3-8-20(9-7-11)14-6-5-12(19)10-13(14)15(16,17)18/h5-6,10-11H,2-4,7-9,19H2,1H3. The Hall–Kier alpha value is -1.39. The lowest BCUT2D eigenvalue weighted by molar-refractivity contribution is -0.137. The minimum Gasteiger partial charge on any atom is -0.399 e. The molecule has 2 N–H and O–H groups in total. The van der Waals surface area contributed by atoms with Gasteiger partial charge in [-0.1, -0.05) is 13.3 Å². The second-order valence-electron chi connectivity index (χ2n) is 5.47. The molecule has 1 aromatic rings. The van der Waals surface area contributed by atoms with Gasteiger partial charge in [-0.05, 0) is 43.4 Å². The van der Waals surface area contributed by atoms with Gasteiger partial charge in [-0.3, -0.25) is 0 Å². The number of halogens is 3. The molecule has 0 bridgehead atoms. The Morgan fingerprint density at radius 3 is 2.65 bits per heavy atom. The molecule has 20 heavy (non-hydrogen) atoms. The molecule has 0 saturated carbocycles. The van der Waals surface area contributed by atoms with E-state index in [1.807, 2.05) is 4.90 Å². The zero-order valence-electron chi connectivity index (χ0n) is 11.7. The van der Waals surface area contributed by atoms with E-state index in [0.29, 0.717) is 19.0 Å². The fourth-order valence-corrected chi connectivity index (χ4v) is 2.87. The normalized spacial score (nSPS) is 20.8. The Morgan fingerprint density at radius 1 is 1.25 bits per heavy atom. The molecule has 1 saturated heterocycles. The summed E-state index contributed by atoms with van der Waals surface area (Å²) in [6.45, 7) is 3.51. The smallest absolute Gasteiger partial charge is 0.399 e. The first-order valence-electron chi connectivity index (χ1n) is 7.13. The second-order valence-corrected chi connectivity index (χ2v) is 5.47. The first kappa shape index (κ1) is 15.0. The van der Waals surface area contributed by atoms with Gasteiger partial charge in [-0.2, -0.15) is 13.2 Å². The molecule has 1 heterocycles. The number of nitrogen functional groups attached to an aromatic ring is 1. The van der Waals surface area contributed by atoms with Crippen molar-refractivity contribution < 1.29 is 13.2 Å². The average molecular weight is 286 g/mol. The highest BCUT2D eigenvalue weighted by Crippen LogP contribution is 2.38. The highest BCUT2D eigenvalue weighted by molar-refractivity contribution is 5.61. The van der Waals surface area contributed by atoms with Crippen molar-refractivity contribution in [2.75, 3.05) is 23.7 Å². The highest BCUT2D eigenvalue weighted by Gasteiger charge is 2.35. The lowest BCUT2D eigenvalue weighted by Crippen LogP contribution is -2.27. The quantitative estimate of drug-likeness (QED) is 0.821. The van der Waals surface area contributed by atoms with Crippen LogP contribution in [0.15, 0.2) is 18.2 Å².